The number of rotatable bonds is 2. The van der Waals surface area contributed by atoms with Crippen molar-refractivity contribution in [2.75, 3.05) is 0 Å². The van der Waals surface area contributed by atoms with Crippen molar-refractivity contribution < 1.29 is 0 Å². The van der Waals surface area contributed by atoms with Crippen LogP contribution in [0.15, 0.2) is 23.0 Å². The van der Waals surface area contributed by atoms with Gasteiger partial charge in [0.15, 0.2) is 5.43 Å². The zero-order valence-corrected chi connectivity index (χ0v) is 10.9. The molecule has 1 N–H and O–H groups in total. The normalized spacial score (nSPS) is 14.7. The Labute approximate surface area is 107 Å². The topological polar surface area (TPSA) is 32.9 Å². The van der Waals surface area contributed by atoms with Crippen molar-refractivity contribution in [1.82, 2.24) is 4.98 Å². The minimum Gasteiger partial charge on any atom is -0.358 e. The van der Waals surface area contributed by atoms with Gasteiger partial charge in [-0.1, -0.05) is 19.4 Å². The molecule has 0 amide bonds. The second-order valence-corrected chi connectivity index (χ2v) is 5.24. The molecule has 2 heteroatoms. The largest absolute Gasteiger partial charge is 0.358 e. The van der Waals surface area contributed by atoms with E-state index in [9.17, 15) is 4.79 Å². The van der Waals surface area contributed by atoms with E-state index in [1.54, 1.807) is 6.07 Å². The summed E-state index contributed by atoms with van der Waals surface area (Å²) in [5.41, 5.74) is 5.16. The number of hydrogen-bond acceptors (Lipinski definition) is 1. The summed E-state index contributed by atoms with van der Waals surface area (Å²) in [7, 11) is 0. The van der Waals surface area contributed by atoms with Crippen LogP contribution in [0.2, 0.25) is 0 Å². The van der Waals surface area contributed by atoms with E-state index in [-0.39, 0.29) is 5.43 Å². The number of aromatic nitrogens is 1. The lowest BCUT2D eigenvalue weighted by Gasteiger charge is -2.18. The van der Waals surface area contributed by atoms with Crippen LogP contribution < -0.4 is 5.43 Å². The minimum absolute atomic E-state index is 0.167. The zero-order valence-electron chi connectivity index (χ0n) is 10.9. The summed E-state index contributed by atoms with van der Waals surface area (Å²) < 4.78 is 0. The van der Waals surface area contributed by atoms with E-state index in [4.69, 9.17) is 0 Å². The van der Waals surface area contributed by atoms with Gasteiger partial charge in [0.2, 0.25) is 0 Å². The third-order valence-corrected chi connectivity index (χ3v) is 3.91. The van der Waals surface area contributed by atoms with E-state index >= 15 is 0 Å². The fraction of sp³-hybridized carbons (Fsp3) is 0.438. The smallest absolute Gasteiger partial charge is 0.189 e. The van der Waals surface area contributed by atoms with E-state index < -0.39 is 0 Å². The maximum atomic E-state index is 12.1. The summed E-state index contributed by atoms with van der Waals surface area (Å²) in [6, 6.07) is 5.90. The number of nitrogens with one attached hydrogen (secondary N) is 1. The monoisotopic (exact) mass is 241 g/mol. The van der Waals surface area contributed by atoms with Gasteiger partial charge in [-0.3, -0.25) is 4.79 Å². The molecule has 0 saturated heterocycles. The van der Waals surface area contributed by atoms with Gasteiger partial charge in [0.1, 0.15) is 0 Å². The standard InChI is InChI=1S/C16H19NO/c1-2-5-12-10-15(18)14-9-8-11-6-3-4-7-13(11)16(14)17-12/h8-10H,2-7H2,1H3,(H,17,18). The average Bonchev–Trinajstić information content (AvgIpc) is 2.39. The van der Waals surface area contributed by atoms with Gasteiger partial charge in [-0.15, -0.1) is 0 Å². The molecule has 0 fully saturated rings. The van der Waals surface area contributed by atoms with Gasteiger partial charge in [0, 0.05) is 17.1 Å². The zero-order chi connectivity index (χ0) is 12.5. The molecule has 0 unspecified atom stereocenters. The highest BCUT2D eigenvalue weighted by Gasteiger charge is 2.14. The van der Waals surface area contributed by atoms with Crippen molar-refractivity contribution in [2.24, 2.45) is 0 Å². The maximum Gasteiger partial charge on any atom is 0.189 e. The molecule has 1 aromatic carbocycles. The molecule has 1 aliphatic rings. The Bertz CT molecular complexity index is 639. The molecular formula is C16H19NO. The van der Waals surface area contributed by atoms with E-state index in [0.29, 0.717) is 0 Å². The Morgan fingerprint density at radius 2 is 2.06 bits per heavy atom. The van der Waals surface area contributed by atoms with Gasteiger partial charge in [0.05, 0.1) is 5.52 Å². The van der Waals surface area contributed by atoms with E-state index in [2.05, 4.69) is 18.0 Å². The first kappa shape index (κ1) is 11.5. The molecule has 94 valence electrons. The molecular weight excluding hydrogens is 222 g/mol. The Balaban J connectivity index is 2.28. The lowest BCUT2D eigenvalue weighted by atomic mass is 9.89. The highest BCUT2D eigenvalue weighted by atomic mass is 16.1. The van der Waals surface area contributed by atoms with Crippen LogP contribution in [-0.4, -0.2) is 4.98 Å². The average molecular weight is 241 g/mol. The number of hydrogen-bond donors (Lipinski definition) is 1. The minimum atomic E-state index is 0.167. The number of aromatic amines is 1. The van der Waals surface area contributed by atoms with Gasteiger partial charge in [-0.25, -0.2) is 0 Å². The fourth-order valence-corrected chi connectivity index (χ4v) is 3.01. The van der Waals surface area contributed by atoms with Gasteiger partial charge in [-0.2, -0.15) is 0 Å². The summed E-state index contributed by atoms with van der Waals surface area (Å²) in [6.45, 7) is 2.14. The summed E-state index contributed by atoms with van der Waals surface area (Å²) in [5.74, 6) is 0. The first-order valence-corrected chi connectivity index (χ1v) is 6.96. The molecule has 18 heavy (non-hydrogen) atoms. The summed E-state index contributed by atoms with van der Waals surface area (Å²) >= 11 is 0. The Morgan fingerprint density at radius 1 is 1.22 bits per heavy atom. The first-order chi connectivity index (χ1) is 8.79. The van der Waals surface area contributed by atoms with Crippen LogP contribution >= 0.6 is 0 Å². The molecule has 0 spiro atoms. The second kappa shape index (κ2) is 4.60. The molecule has 1 heterocycles. The fourth-order valence-electron chi connectivity index (χ4n) is 3.01. The van der Waals surface area contributed by atoms with Gasteiger partial charge >= 0.3 is 0 Å². The number of aryl methyl sites for hydroxylation is 3. The van der Waals surface area contributed by atoms with Crippen LogP contribution in [0.1, 0.15) is 43.0 Å². The van der Waals surface area contributed by atoms with Crippen LogP contribution in [0.4, 0.5) is 0 Å². The molecule has 2 nitrogen and oxygen atoms in total. The third-order valence-electron chi connectivity index (χ3n) is 3.91. The van der Waals surface area contributed by atoms with Gasteiger partial charge in [0.25, 0.3) is 0 Å². The van der Waals surface area contributed by atoms with Crippen molar-refractivity contribution in [1.29, 1.82) is 0 Å². The third kappa shape index (κ3) is 1.86. The Hall–Kier alpha value is -1.57. The maximum absolute atomic E-state index is 12.1. The van der Waals surface area contributed by atoms with E-state index in [1.807, 2.05) is 6.07 Å². The number of fused-ring (bicyclic) bond motifs is 3. The second-order valence-electron chi connectivity index (χ2n) is 5.24. The predicted octanol–water partition coefficient (Wildman–Crippen LogP) is 3.36. The SMILES string of the molecule is CCCc1cc(=O)c2ccc3c(c2[nH]1)CCCC3. The molecule has 2 aromatic rings. The molecule has 0 atom stereocenters. The first-order valence-electron chi connectivity index (χ1n) is 6.96. The van der Waals surface area contributed by atoms with Crippen molar-refractivity contribution in [2.45, 2.75) is 45.4 Å². The van der Waals surface area contributed by atoms with Crippen LogP contribution in [0.25, 0.3) is 10.9 Å². The van der Waals surface area contributed by atoms with Crippen LogP contribution in [0.5, 0.6) is 0 Å². The Kier molecular flexibility index (Phi) is 2.94. The molecule has 1 aliphatic carbocycles. The highest BCUT2D eigenvalue weighted by Crippen LogP contribution is 2.26. The molecule has 3 rings (SSSR count). The lowest BCUT2D eigenvalue weighted by Crippen LogP contribution is -2.10. The van der Waals surface area contributed by atoms with Crippen molar-refractivity contribution in [3.8, 4) is 0 Å². The van der Waals surface area contributed by atoms with Crippen molar-refractivity contribution in [3.63, 3.8) is 0 Å². The summed E-state index contributed by atoms with van der Waals surface area (Å²) in [6.07, 6.45) is 6.80. The van der Waals surface area contributed by atoms with Crippen LogP contribution in [0.3, 0.4) is 0 Å². The van der Waals surface area contributed by atoms with Crippen LogP contribution in [0, 0.1) is 0 Å². The number of pyridine rings is 1. The molecule has 0 radical (unpaired) electrons. The highest BCUT2D eigenvalue weighted by molar-refractivity contribution is 5.83. The Morgan fingerprint density at radius 3 is 2.89 bits per heavy atom. The molecule has 0 saturated carbocycles. The molecule has 0 bridgehead atoms. The lowest BCUT2D eigenvalue weighted by molar-refractivity contribution is 0.688. The van der Waals surface area contributed by atoms with Crippen molar-refractivity contribution in [3.05, 3.63) is 45.2 Å². The summed E-state index contributed by atoms with van der Waals surface area (Å²) in [5, 5.41) is 0.857. The molecule has 1 aromatic heterocycles. The van der Waals surface area contributed by atoms with E-state index in [1.165, 1.54) is 24.0 Å². The predicted molar refractivity (Wildman–Crippen MR) is 75.2 cm³/mol. The quantitative estimate of drug-likeness (QED) is 0.859. The van der Waals surface area contributed by atoms with Crippen molar-refractivity contribution >= 4 is 10.9 Å². The number of benzene rings is 1. The van der Waals surface area contributed by atoms with E-state index in [0.717, 1.165) is 42.3 Å². The molecule has 0 aliphatic heterocycles. The van der Waals surface area contributed by atoms with Gasteiger partial charge in [-0.05, 0) is 49.3 Å². The van der Waals surface area contributed by atoms with Gasteiger partial charge < -0.3 is 4.98 Å². The number of H-pyrrole nitrogens is 1. The van der Waals surface area contributed by atoms with Crippen LogP contribution in [-0.2, 0) is 19.3 Å². The summed E-state index contributed by atoms with van der Waals surface area (Å²) in [4.78, 5) is 15.6.